The van der Waals surface area contributed by atoms with Gasteiger partial charge in [0.25, 0.3) is 17.7 Å². The molecule has 0 bridgehead atoms. The second kappa shape index (κ2) is 16.4. The van der Waals surface area contributed by atoms with Gasteiger partial charge in [-0.3, -0.25) is 48.5 Å². The number of anilines is 2. The lowest BCUT2D eigenvalue weighted by Gasteiger charge is -2.27. The van der Waals surface area contributed by atoms with Gasteiger partial charge in [-0.05, 0) is 74.7 Å². The first-order valence-electron chi connectivity index (χ1n) is 20.1. The molecule has 3 aromatic carbocycles. The van der Waals surface area contributed by atoms with Gasteiger partial charge in [-0.15, -0.1) is 21.5 Å². The first kappa shape index (κ1) is 40.8. The average Bonchev–Trinajstić information content (AvgIpc) is 3.92. The highest BCUT2D eigenvalue weighted by molar-refractivity contribution is 7.15. The summed E-state index contributed by atoms with van der Waals surface area (Å²) in [6.07, 6.45) is 0.0881. The number of halogens is 1. The van der Waals surface area contributed by atoms with Gasteiger partial charge < -0.3 is 20.3 Å². The molecule has 0 saturated carbocycles. The number of rotatable bonds is 12. The maximum atomic E-state index is 13.8. The fraction of sp³-hybridized carbons (Fsp3) is 0.295. The SMILES string of the molecule is Cc1sc2c(c1C)C(c1ccc(Cl)cc1)=N[C@@H](CC(=O)Nc1ccc3c(c1)C(=O)N(CCOCCNc1cccc4c1C(=O)N(C1CCC(=O)NC1=O)C4=O)C3)c1nnc(C)n1-2. The molecule has 4 aliphatic rings. The molecule has 0 radical (unpaired) electrons. The Hall–Kier alpha value is -6.56. The lowest BCUT2D eigenvalue weighted by atomic mass is 9.99. The number of carbonyl (C=O) groups is 6. The Morgan fingerprint density at radius 3 is 2.53 bits per heavy atom. The van der Waals surface area contributed by atoms with Gasteiger partial charge in [0, 0.05) is 64.0 Å². The van der Waals surface area contributed by atoms with Gasteiger partial charge in [0.2, 0.25) is 17.7 Å². The van der Waals surface area contributed by atoms with Crippen molar-refractivity contribution in [1.29, 1.82) is 0 Å². The summed E-state index contributed by atoms with van der Waals surface area (Å²) in [6.45, 7) is 7.53. The highest BCUT2D eigenvalue weighted by atomic mass is 35.5. The van der Waals surface area contributed by atoms with Gasteiger partial charge in [0.15, 0.2) is 5.82 Å². The van der Waals surface area contributed by atoms with Crippen LogP contribution in [0.3, 0.4) is 0 Å². The number of hydrogen-bond acceptors (Lipinski definition) is 12. The van der Waals surface area contributed by atoms with E-state index in [1.54, 1.807) is 40.5 Å². The predicted molar refractivity (Wildman–Crippen MR) is 230 cm³/mol. The zero-order valence-corrected chi connectivity index (χ0v) is 35.5. The van der Waals surface area contributed by atoms with E-state index in [0.717, 1.165) is 42.7 Å². The minimum Gasteiger partial charge on any atom is -0.382 e. The van der Waals surface area contributed by atoms with Crippen LogP contribution in [0.5, 0.6) is 0 Å². The van der Waals surface area contributed by atoms with Crippen molar-refractivity contribution in [3.63, 3.8) is 0 Å². The summed E-state index contributed by atoms with van der Waals surface area (Å²) in [5.74, 6) is -1.51. The van der Waals surface area contributed by atoms with Gasteiger partial charge in [-0.1, -0.05) is 35.9 Å². The number of aliphatic imine (C=N–C) groups is 1. The zero-order chi connectivity index (χ0) is 43.4. The van der Waals surface area contributed by atoms with Crippen molar-refractivity contribution < 1.29 is 33.5 Å². The van der Waals surface area contributed by atoms with E-state index in [1.807, 2.05) is 41.8 Å². The number of piperidine rings is 1. The fourth-order valence-corrected chi connectivity index (χ4v) is 9.68. The molecule has 2 atom stereocenters. The minimum absolute atomic E-state index is 0.0203. The van der Waals surface area contributed by atoms with Crippen LogP contribution in [-0.4, -0.2) is 98.1 Å². The van der Waals surface area contributed by atoms with E-state index in [1.165, 1.54) is 6.07 Å². The molecule has 1 unspecified atom stereocenters. The van der Waals surface area contributed by atoms with Crippen molar-refractivity contribution in [3.05, 3.63) is 121 Å². The van der Waals surface area contributed by atoms with Crippen molar-refractivity contribution in [2.45, 2.75) is 58.7 Å². The predicted octanol–water partition coefficient (Wildman–Crippen LogP) is 5.31. The van der Waals surface area contributed by atoms with Gasteiger partial charge in [0.05, 0.1) is 36.5 Å². The second-order valence-electron chi connectivity index (χ2n) is 15.5. The summed E-state index contributed by atoms with van der Waals surface area (Å²) >= 11 is 7.88. The standard InChI is InChI=1S/C44H40ClN9O7S/c1-22-23(2)62-44-36(22)38(25-7-10-27(45)11-8-25)48-32(39-51-50-24(3)53(39)44)20-35(56)47-28-12-9-26-21-52(41(58)30(26)19-28)16-18-61-17-15-46-31-6-4-5-29-37(31)43(60)54(42(29)59)33-13-14-34(55)49-40(33)57/h4-12,19,32-33,46H,13-18,20-21H2,1-3H3,(H,47,56)(H,49,55,57)/t32-,33?/m0/s1. The van der Waals surface area contributed by atoms with Crippen LogP contribution in [0.1, 0.15) is 95.2 Å². The third-order valence-corrected chi connectivity index (χ3v) is 13.0. The summed E-state index contributed by atoms with van der Waals surface area (Å²) in [7, 11) is 0. The summed E-state index contributed by atoms with van der Waals surface area (Å²) in [5, 5.41) is 18.8. The Balaban J connectivity index is 0.803. The number of aromatic nitrogens is 3. The number of hydrogen-bond donors (Lipinski definition) is 3. The number of aryl methyl sites for hydroxylation is 2. The Kier molecular flexibility index (Phi) is 10.8. The molecule has 5 aromatic rings. The van der Waals surface area contributed by atoms with E-state index in [-0.39, 0.29) is 55.4 Å². The maximum Gasteiger partial charge on any atom is 0.264 e. The zero-order valence-electron chi connectivity index (χ0n) is 33.9. The van der Waals surface area contributed by atoms with Crippen molar-refractivity contribution in [2.75, 3.05) is 36.9 Å². The molecule has 1 saturated heterocycles. The lowest BCUT2D eigenvalue weighted by molar-refractivity contribution is -0.136. The number of carbonyl (C=O) groups excluding carboxylic acids is 6. The first-order valence-corrected chi connectivity index (χ1v) is 21.3. The molecule has 4 aliphatic heterocycles. The summed E-state index contributed by atoms with van der Waals surface area (Å²) < 4.78 is 7.83. The molecule has 0 aliphatic carbocycles. The third kappa shape index (κ3) is 7.35. The Labute approximate surface area is 364 Å². The van der Waals surface area contributed by atoms with E-state index in [9.17, 15) is 28.8 Å². The maximum absolute atomic E-state index is 13.8. The lowest BCUT2D eigenvalue weighted by Crippen LogP contribution is -2.54. The van der Waals surface area contributed by atoms with E-state index < -0.39 is 35.7 Å². The monoisotopic (exact) mass is 873 g/mol. The molecule has 16 nitrogen and oxygen atoms in total. The normalized spacial score (nSPS) is 17.9. The van der Waals surface area contributed by atoms with Crippen LogP contribution in [-0.2, 0) is 25.7 Å². The third-order valence-electron chi connectivity index (χ3n) is 11.5. The number of thiophene rings is 1. The van der Waals surface area contributed by atoms with Crippen molar-refractivity contribution in [2.24, 2.45) is 4.99 Å². The molecule has 0 spiro atoms. The van der Waals surface area contributed by atoms with Gasteiger partial charge >= 0.3 is 0 Å². The smallest absolute Gasteiger partial charge is 0.264 e. The number of imide groups is 2. The van der Waals surface area contributed by atoms with Crippen LogP contribution in [0, 0.1) is 20.8 Å². The van der Waals surface area contributed by atoms with E-state index in [2.05, 4.69) is 40.0 Å². The van der Waals surface area contributed by atoms with Crippen molar-refractivity contribution >= 4 is 75.5 Å². The molecule has 316 valence electrons. The molecule has 62 heavy (non-hydrogen) atoms. The first-order chi connectivity index (χ1) is 29.9. The number of nitrogens with one attached hydrogen (secondary N) is 3. The van der Waals surface area contributed by atoms with Crippen molar-refractivity contribution in [3.8, 4) is 5.00 Å². The van der Waals surface area contributed by atoms with E-state index in [4.69, 9.17) is 21.3 Å². The van der Waals surface area contributed by atoms with Crippen LogP contribution >= 0.6 is 22.9 Å². The quantitative estimate of drug-likeness (QED) is 0.109. The van der Waals surface area contributed by atoms with Crippen LogP contribution in [0.2, 0.25) is 5.02 Å². The molecular formula is C44H40ClN9O7S. The number of amides is 6. The van der Waals surface area contributed by atoms with Crippen LogP contribution in [0.4, 0.5) is 11.4 Å². The fourth-order valence-electron chi connectivity index (χ4n) is 8.34. The van der Waals surface area contributed by atoms with Crippen LogP contribution in [0.15, 0.2) is 65.7 Å². The number of fused-ring (bicyclic) bond motifs is 5. The number of nitrogens with zero attached hydrogens (tertiary/aromatic N) is 6. The number of ether oxygens (including phenoxy) is 1. The largest absolute Gasteiger partial charge is 0.382 e. The van der Waals surface area contributed by atoms with E-state index >= 15 is 0 Å². The number of benzene rings is 3. The Morgan fingerprint density at radius 2 is 1.74 bits per heavy atom. The molecular weight excluding hydrogens is 834 g/mol. The topological polar surface area (TPSA) is 197 Å². The van der Waals surface area contributed by atoms with Gasteiger partial charge in [-0.2, -0.15) is 0 Å². The second-order valence-corrected chi connectivity index (χ2v) is 17.1. The molecule has 2 aromatic heterocycles. The summed E-state index contributed by atoms with van der Waals surface area (Å²) in [6, 6.07) is 16.0. The highest BCUT2D eigenvalue weighted by Gasteiger charge is 2.45. The Morgan fingerprint density at radius 1 is 0.935 bits per heavy atom. The molecule has 1 fully saturated rings. The molecule has 18 heteroatoms. The minimum atomic E-state index is -1.05. The van der Waals surface area contributed by atoms with Gasteiger partial charge in [-0.25, -0.2) is 0 Å². The van der Waals surface area contributed by atoms with Crippen LogP contribution < -0.4 is 16.0 Å². The summed E-state index contributed by atoms with van der Waals surface area (Å²) in [4.78, 5) is 86.8. The van der Waals surface area contributed by atoms with E-state index in [0.29, 0.717) is 53.2 Å². The Bertz CT molecular complexity index is 2760. The molecule has 6 amide bonds. The van der Waals surface area contributed by atoms with Crippen LogP contribution in [0.25, 0.3) is 5.00 Å². The van der Waals surface area contributed by atoms with Gasteiger partial charge in [0.1, 0.15) is 22.9 Å². The molecule has 3 N–H and O–H groups in total. The average molecular weight is 874 g/mol. The summed E-state index contributed by atoms with van der Waals surface area (Å²) in [5.41, 5.74) is 6.27. The molecule has 9 rings (SSSR count). The van der Waals surface area contributed by atoms with Crippen molar-refractivity contribution in [1.82, 2.24) is 29.9 Å². The highest BCUT2D eigenvalue weighted by Crippen LogP contribution is 2.40. The molecule has 6 heterocycles.